The van der Waals surface area contributed by atoms with Crippen LogP contribution in [0.5, 0.6) is 5.75 Å². The van der Waals surface area contributed by atoms with Crippen molar-refractivity contribution >= 4 is 17.7 Å². The van der Waals surface area contributed by atoms with Crippen LogP contribution in [0.4, 0.5) is 0 Å². The molecule has 3 heterocycles. The Balaban J connectivity index is 1.65. The van der Waals surface area contributed by atoms with E-state index in [0.717, 1.165) is 17.7 Å². The molecular formula is C20H19N3O3S. The molecule has 1 aliphatic rings. The molecular weight excluding hydrogens is 362 g/mol. The Morgan fingerprint density at radius 1 is 1.22 bits per heavy atom. The molecule has 1 unspecified atom stereocenters. The minimum absolute atomic E-state index is 0.0960. The lowest BCUT2D eigenvalue weighted by Gasteiger charge is -2.27. The summed E-state index contributed by atoms with van der Waals surface area (Å²) in [6.07, 6.45) is 4.20. The number of rotatable bonds is 4. The van der Waals surface area contributed by atoms with Crippen LogP contribution in [0.15, 0.2) is 52.1 Å². The molecule has 27 heavy (non-hydrogen) atoms. The average Bonchev–Trinajstić information content (AvgIpc) is 3.22. The number of hydrogen-bond acceptors (Lipinski definition) is 6. The summed E-state index contributed by atoms with van der Waals surface area (Å²) >= 11 is 1.42. The SMILES string of the molecule is CSc1nc(-c2ccco2)nc(C)c1C(=O)NC1CCOc2ccccc21. The summed E-state index contributed by atoms with van der Waals surface area (Å²) < 4.78 is 11.1. The summed E-state index contributed by atoms with van der Waals surface area (Å²) in [5, 5.41) is 3.76. The summed E-state index contributed by atoms with van der Waals surface area (Å²) in [5.74, 6) is 1.71. The number of carbonyl (C=O) groups is 1. The van der Waals surface area contributed by atoms with Gasteiger partial charge in [0.1, 0.15) is 10.8 Å². The van der Waals surface area contributed by atoms with Gasteiger partial charge in [0, 0.05) is 12.0 Å². The topological polar surface area (TPSA) is 77.2 Å². The molecule has 0 bridgehead atoms. The average molecular weight is 381 g/mol. The number of aromatic nitrogens is 2. The van der Waals surface area contributed by atoms with E-state index in [2.05, 4.69) is 15.3 Å². The van der Waals surface area contributed by atoms with Crippen molar-refractivity contribution in [2.45, 2.75) is 24.4 Å². The first-order valence-electron chi connectivity index (χ1n) is 8.66. The molecule has 1 aromatic carbocycles. The van der Waals surface area contributed by atoms with Gasteiger partial charge in [0.25, 0.3) is 5.91 Å². The van der Waals surface area contributed by atoms with E-state index < -0.39 is 0 Å². The number of benzene rings is 1. The number of aryl methyl sites for hydroxylation is 1. The molecule has 7 heteroatoms. The van der Waals surface area contributed by atoms with Crippen molar-refractivity contribution < 1.29 is 13.9 Å². The van der Waals surface area contributed by atoms with Crippen LogP contribution < -0.4 is 10.1 Å². The van der Waals surface area contributed by atoms with Crippen LogP contribution >= 0.6 is 11.8 Å². The molecule has 1 amide bonds. The highest BCUT2D eigenvalue weighted by molar-refractivity contribution is 7.98. The first-order valence-corrected chi connectivity index (χ1v) is 9.89. The normalized spacial score (nSPS) is 15.7. The number of nitrogens with one attached hydrogen (secondary N) is 1. The Labute approximate surface area is 161 Å². The Hall–Kier alpha value is -2.80. The van der Waals surface area contributed by atoms with Crippen molar-refractivity contribution in [1.29, 1.82) is 0 Å². The van der Waals surface area contributed by atoms with E-state index in [1.165, 1.54) is 11.8 Å². The lowest BCUT2D eigenvalue weighted by molar-refractivity contribution is 0.0920. The number of amides is 1. The second-order valence-electron chi connectivity index (χ2n) is 6.20. The third kappa shape index (κ3) is 3.42. The van der Waals surface area contributed by atoms with E-state index in [9.17, 15) is 4.79 Å². The molecule has 0 spiro atoms. The molecule has 2 aromatic heterocycles. The summed E-state index contributed by atoms with van der Waals surface area (Å²) in [6, 6.07) is 11.3. The lowest BCUT2D eigenvalue weighted by atomic mass is 10.00. The van der Waals surface area contributed by atoms with Crippen LogP contribution in [0.25, 0.3) is 11.6 Å². The molecule has 1 N–H and O–H groups in total. The predicted octanol–water partition coefficient (Wildman–Crippen LogP) is 4.02. The number of hydrogen-bond donors (Lipinski definition) is 1. The number of fused-ring (bicyclic) bond motifs is 1. The number of ether oxygens (including phenoxy) is 1. The molecule has 3 aromatic rings. The van der Waals surface area contributed by atoms with Crippen molar-refractivity contribution in [3.63, 3.8) is 0 Å². The van der Waals surface area contributed by atoms with Gasteiger partial charge in [-0.1, -0.05) is 18.2 Å². The molecule has 4 rings (SSSR count). The van der Waals surface area contributed by atoms with Gasteiger partial charge in [-0.25, -0.2) is 9.97 Å². The Kier molecular flexibility index (Phi) is 4.85. The van der Waals surface area contributed by atoms with Crippen molar-refractivity contribution in [2.24, 2.45) is 0 Å². The third-order valence-electron chi connectivity index (χ3n) is 4.48. The van der Waals surface area contributed by atoms with Gasteiger partial charge in [0.05, 0.1) is 30.2 Å². The van der Waals surface area contributed by atoms with Gasteiger partial charge in [-0.15, -0.1) is 11.8 Å². The van der Waals surface area contributed by atoms with Gasteiger partial charge < -0.3 is 14.5 Å². The lowest BCUT2D eigenvalue weighted by Crippen LogP contribution is -2.33. The molecule has 1 aliphatic heterocycles. The van der Waals surface area contributed by atoms with Crippen LogP contribution in [0.2, 0.25) is 0 Å². The summed E-state index contributed by atoms with van der Waals surface area (Å²) in [7, 11) is 0. The minimum Gasteiger partial charge on any atom is -0.493 e. The molecule has 0 fully saturated rings. The van der Waals surface area contributed by atoms with Crippen molar-refractivity contribution in [1.82, 2.24) is 15.3 Å². The summed E-state index contributed by atoms with van der Waals surface area (Å²) in [4.78, 5) is 22.1. The quantitative estimate of drug-likeness (QED) is 0.543. The van der Waals surface area contributed by atoms with E-state index in [1.54, 1.807) is 18.4 Å². The van der Waals surface area contributed by atoms with Crippen LogP contribution in [-0.4, -0.2) is 28.7 Å². The number of nitrogens with zero attached hydrogens (tertiary/aromatic N) is 2. The van der Waals surface area contributed by atoms with Gasteiger partial charge in [-0.3, -0.25) is 4.79 Å². The van der Waals surface area contributed by atoms with Crippen LogP contribution in [-0.2, 0) is 0 Å². The second kappa shape index (κ2) is 7.44. The molecule has 0 saturated carbocycles. The van der Waals surface area contributed by atoms with Gasteiger partial charge >= 0.3 is 0 Å². The van der Waals surface area contributed by atoms with Crippen LogP contribution in [0.1, 0.15) is 34.1 Å². The van der Waals surface area contributed by atoms with Crippen molar-refractivity contribution in [3.8, 4) is 17.3 Å². The smallest absolute Gasteiger partial charge is 0.256 e. The summed E-state index contributed by atoms with van der Waals surface area (Å²) in [5.41, 5.74) is 2.12. The Morgan fingerprint density at radius 2 is 2.07 bits per heavy atom. The zero-order valence-corrected chi connectivity index (χ0v) is 15.9. The van der Waals surface area contributed by atoms with Gasteiger partial charge in [0.15, 0.2) is 11.6 Å². The number of carbonyl (C=O) groups excluding carboxylic acids is 1. The van der Waals surface area contributed by atoms with E-state index in [1.807, 2.05) is 37.4 Å². The van der Waals surface area contributed by atoms with E-state index in [4.69, 9.17) is 9.15 Å². The highest BCUT2D eigenvalue weighted by atomic mass is 32.2. The molecule has 0 radical (unpaired) electrons. The number of thioether (sulfide) groups is 1. The zero-order chi connectivity index (χ0) is 18.8. The van der Waals surface area contributed by atoms with Crippen molar-refractivity contribution in [3.05, 3.63) is 59.5 Å². The highest BCUT2D eigenvalue weighted by Gasteiger charge is 2.26. The number of furan rings is 1. The fraction of sp³-hybridized carbons (Fsp3) is 0.250. The molecule has 1 atom stereocenters. The van der Waals surface area contributed by atoms with Gasteiger partial charge in [-0.2, -0.15) is 0 Å². The van der Waals surface area contributed by atoms with E-state index in [0.29, 0.717) is 34.5 Å². The van der Waals surface area contributed by atoms with Gasteiger partial charge in [-0.05, 0) is 31.4 Å². The predicted molar refractivity (Wildman–Crippen MR) is 103 cm³/mol. The highest BCUT2D eigenvalue weighted by Crippen LogP contribution is 2.32. The fourth-order valence-electron chi connectivity index (χ4n) is 3.19. The van der Waals surface area contributed by atoms with Crippen molar-refractivity contribution in [2.75, 3.05) is 12.9 Å². The van der Waals surface area contributed by atoms with Crippen LogP contribution in [0.3, 0.4) is 0 Å². The summed E-state index contributed by atoms with van der Waals surface area (Å²) in [6.45, 7) is 2.39. The standard InChI is InChI=1S/C20H19N3O3S/c1-12-17(20(27-2)23-18(21-12)16-8-5-10-25-16)19(24)22-14-9-11-26-15-7-4-3-6-13(14)15/h3-8,10,14H,9,11H2,1-2H3,(H,22,24). The van der Waals surface area contributed by atoms with Crippen LogP contribution in [0, 0.1) is 6.92 Å². The minimum atomic E-state index is -0.176. The first kappa shape index (κ1) is 17.6. The maximum Gasteiger partial charge on any atom is 0.256 e. The first-order chi connectivity index (χ1) is 13.2. The Bertz CT molecular complexity index is 973. The third-order valence-corrected chi connectivity index (χ3v) is 5.16. The maximum absolute atomic E-state index is 13.1. The molecule has 6 nitrogen and oxygen atoms in total. The molecule has 0 saturated heterocycles. The zero-order valence-electron chi connectivity index (χ0n) is 15.1. The monoisotopic (exact) mass is 381 g/mol. The maximum atomic E-state index is 13.1. The van der Waals surface area contributed by atoms with E-state index >= 15 is 0 Å². The van der Waals surface area contributed by atoms with Gasteiger partial charge in [0.2, 0.25) is 0 Å². The fourth-order valence-corrected chi connectivity index (χ4v) is 3.82. The number of para-hydroxylation sites is 1. The molecule has 138 valence electrons. The second-order valence-corrected chi connectivity index (χ2v) is 6.99. The van der Waals surface area contributed by atoms with E-state index in [-0.39, 0.29) is 11.9 Å². The largest absolute Gasteiger partial charge is 0.493 e. The Morgan fingerprint density at radius 3 is 2.85 bits per heavy atom. The molecule has 0 aliphatic carbocycles.